The predicted molar refractivity (Wildman–Crippen MR) is 73.3 cm³/mol. The van der Waals surface area contributed by atoms with Crippen molar-refractivity contribution in [1.29, 1.82) is 0 Å². The summed E-state index contributed by atoms with van der Waals surface area (Å²) in [7, 11) is 0. The number of hydrogen-bond donors (Lipinski definition) is 2. The molecule has 1 aromatic carbocycles. The summed E-state index contributed by atoms with van der Waals surface area (Å²) in [4.78, 5) is 12.0. The van der Waals surface area contributed by atoms with Gasteiger partial charge in [-0.2, -0.15) is 0 Å². The van der Waals surface area contributed by atoms with Gasteiger partial charge >= 0.3 is 0 Å². The Morgan fingerprint density at radius 3 is 2.83 bits per heavy atom. The SMILES string of the molecule is CCc1ccccc1CNC(=O)[C@@H]1CCCNC1. The fraction of sp³-hybridized carbons (Fsp3) is 0.533. The molecule has 0 radical (unpaired) electrons. The number of benzene rings is 1. The molecule has 1 saturated heterocycles. The Morgan fingerprint density at radius 2 is 2.17 bits per heavy atom. The monoisotopic (exact) mass is 246 g/mol. The molecule has 98 valence electrons. The van der Waals surface area contributed by atoms with E-state index in [9.17, 15) is 4.79 Å². The van der Waals surface area contributed by atoms with E-state index < -0.39 is 0 Å². The average molecular weight is 246 g/mol. The fourth-order valence-electron chi connectivity index (χ4n) is 2.48. The Bertz CT molecular complexity index is 397. The second-order valence-electron chi connectivity index (χ2n) is 4.88. The molecule has 0 unspecified atom stereocenters. The van der Waals surface area contributed by atoms with Crippen LogP contribution in [0.15, 0.2) is 24.3 Å². The van der Waals surface area contributed by atoms with Gasteiger partial charge in [0.25, 0.3) is 0 Å². The molecule has 1 heterocycles. The number of nitrogens with one attached hydrogen (secondary N) is 2. The zero-order valence-corrected chi connectivity index (χ0v) is 11.0. The van der Waals surface area contributed by atoms with Gasteiger partial charge in [-0.15, -0.1) is 0 Å². The van der Waals surface area contributed by atoms with Gasteiger partial charge in [0.05, 0.1) is 5.92 Å². The summed E-state index contributed by atoms with van der Waals surface area (Å²) in [6.07, 6.45) is 3.12. The Balaban J connectivity index is 1.88. The van der Waals surface area contributed by atoms with Gasteiger partial charge in [-0.05, 0) is 36.9 Å². The number of carbonyl (C=O) groups is 1. The second kappa shape index (κ2) is 6.55. The van der Waals surface area contributed by atoms with Crippen LogP contribution in [0.2, 0.25) is 0 Å². The third-order valence-corrected chi connectivity index (χ3v) is 3.62. The Morgan fingerprint density at radius 1 is 1.39 bits per heavy atom. The smallest absolute Gasteiger partial charge is 0.224 e. The van der Waals surface area contributed by atoms with Crippen molar-refractivity contribution in [2.75, 3.05) is 13.1 Å². The van der Waals surface area contributed by atoms with Crippen LogP contribution in [0.4, 0.5) is 0 Å². The summed E-state index contributed by atoms with van der Waals surface area (Å²) in [5.74, 6) is 0.334. The van der Waals surface area contributed by atoms with E-state index in [1.54, 1.807) is 0 Å². The number of carbonyl (C=O) groups excluding carboxylic acids is 1. The molecule has 2 N–H and O–H groups in total. The first-order valence-corrected chi connectivity index (χ1v) is 6.86. The average Bonchev–Trinajstić information content (AvgIpc) is 2.46. The van der Waals surface area contributed by atoms with E-state index in [-0.39, 0.29) is 11.8 Å². The van der Waals surface area contributed by atoms with Crippen LogP contribution in [0.5, 0.6) is 0 Å². The van der Waals surface area contributed by atoms with Crippen molar-refractivity contribution in [3.63, 3.8) is 0 Å². The lowest BCUT2D eigenvalue weighted by Gasteiger charge is -2.22. The first-order valence-electron chi connectivity index (χ1n) is 6.86. The summed E-state index contributed by atoms with van der Waals surface area (Å²) in [6, 6.07) is 8.31. The van der Waals surface area contributed by atoms with E-state index in [1.165, 1.54) is 11.1 Å². The summed E-state index contributed by atoms with van der Waals surface area (Å²) >= 11 is 0. The van der Waals surface area contributed by atoms with E-state index in [4.69, 9.17) is 0 Å². The molecular formula is C15H22N2O. The highest BCUT2D eigenvalue weighted by molar-refractivity contribution is 5.79. The van der Waals surface area contributed by atoms with E-state index in [0.29, 0.717) is 6.54 Å². The van der Waals surface area contributed by atoms with Crippen LogP contribution in [0.25, 0.3) is 0 Å². The van der Waals surface area contributed by atoms with Gasteiger partial charge in [-0.1, -0.05) is 31.2 Å². The lowest BCUT2D eigenvalue weighted by Crippen LogP contribution is -2.40. The van der Waals surface area contributed by atoms with Crippen molar-refractivity contribution in [3.8, 4) is 0 Å². The summed E-state index contributed by atoms with van der Waals surface area (Å²) < 4.78 is 0. The first kappa shape index (κ1) is 13.1. The quantitative estimate of drug-likeness (QED) is 0.851. The third kappa shape index (κ3) is 3.33. The van der Waals surface area contributed by atoms with Gasteiger partial charge in [0.1, 0.15) is 0 Å². The first-order chi connectivity index (χ1) is 8.81. The second-order valence-corrected chi connectivity index (χ2v) is 4.88. The largest absolute Gasteiger partial charge is 0.352 e. The van der Waals surface area contributed by atoms with Gasteiger partial charge in [0.15, 0.2) is 0 Å². The van der Waals surface area contributed by atoms with Gasteiger partial charge in [0, 0.05) is 13.1 Å². The molecule has 1 atom stereocenters. The van der Waals surface area contributed by atoms with Crippen molar-refractivity contribution in [1.82, 2.24) is 10.6 Å². The molecule has 3 nitrogen and oxygen atoms in total. The number of rotatable bonds is 4. The molecule has 0 aromatic heterocycles. The van der Waals surface area contributed by atoms with E-state index in [2.05, 4.69) is 35.8 Å². The maximum Gasteiger partial charge on any atom is 0.224 e. The van der Waals surface area contributed by atoms with Crippen molar-refractivity contribution < 1.29 is 4.79 Å². The van der Waals surface area contributed by atoms with Crippen molar-refractivity contribution in [3.05, 3.63) is 35.4 Å². The minimum absolute atomic E-state index is 0.146. The van der Waals surface area contributed by atoms with Crippen LogP contribution >= 0.6 is 0 Å². The highest BCUT2D eigenvalue weighted by atomic mass is 16.1. The van der Waals surface area contributed by atoms with Crippen LogP contribution in [-0.4, -0.2) is 19.0 Å². The number of amides is 1. The van der Waals surface area contributed by atoms with E-state index in [0.717, 1.165) is 32.4 Å². The van der Waals surface area contributed by atoms with Crippen molar-refractivity contribution >= 4 is 5.91 Å². The molecule has 1 aliphatic rings. The molecule has 18 heavy (non-hydrogen) atoms. The highest BCUT2D eigenvalue weighted by Crippen LogP contribution is 2.12. The Kier molecular flexibility index (Phi) is 4.76. The van der Waals surface area contributed by atoms with Gasteiger partial charge in [-0.25, -0.2) is 0 Å². The maximum absolute atomic E-state index is 12.0. The van der Waals surface area contributed by atoms with Crippen LogP contribution in [0.1, 0.15) is 30.9 Å². The minimum atomic E-state index is 0.146. The standard InChI is InChI=1S/C15H22N2O/c1-2-12-6-3-4-7-13(12)11-17-15(18)14-8-5-9-16-10-14/h3-4,6-7,14,16H,2,5,8-11H2,1H3,(H,17,18)/t14-/m1/s1. The Labute approximate surface area is 109 Å². The molecule has 3 heteroatoms. The van der Waals surface area contributed by atoms with Crippen LogP contribution in [-0.2, 0) is 17.8 Å². The lowest BCUT2D eigenvalue weighted by molar-refractivity contribution is -0.125. The molecule has 0 saturated carbocycles. The maximum atomic E-state index is 12.0. The van der Waals surface area contributed by atoms with Gasteiger partial charge in [-0.3, -0.25) is 4.79 Å². The minimum Gasteiger partial charge on any atom is -0.352 e. The third-order valence-electron chi connectivity index (χ3n) is 3.62. The molecule has 1 amide bonds. The molecule has 0 aliphatic carbocycles. The van der Waals surface area contributed by atoms with Crippen LogP contribution in [0.3, 0.4) is 0 Å². The summed E-state index contributed by atoms with van der Waals surface area (Å²) in [6.45, 7) is 4.66. The number of piperidine rings is 1. The van der Waals surface area contributed by atoms with Crippen LogP contribution < -0.4 is 10.6 Å². The molecule has 1 aromatic rings. The number of hydrogen-bond acceptors (Lipinski definition) is 2. The predicted octanol–water partition coefficient (Wildman–Crippen LogP) is 1.86. The molecule has 1 aliphatic heterocycles. The highest BCUT2D eigenvalue weighted by Gasteiger charge is 2.20. The van der Waals surface area contributed by atoms with Crippen molar-refractivity contribution in [2.45, 2.75) is 32.7 Å². The lowest BCUT2D eigenvalue weighted by atomic mass is 9.98. The van der Waals surface area contributed by atoms with Gasteiger partial charge in [0.2, 0.25) is 5.91 Å². The Hall–Kier alpha value is -1.35. The zero-order valence-electron chi connectivity index (χ0n) is 11.0. The fourth-order valence-corrected chi connectivity index (χ4v) is 2.48. The normalized spacial score (nSPS) is 19.5. The molecule has 2 rings (SSSR count). The molecule has 0 bridgehead atoms. The van der Waals surface area contributed by atoms with Crippen molar-refractivity contribution in [2.24, 2.45) is 5.92 Å². The van der Waals surface area contributed by atoms with Gasteiger partial charge < -0.3 is 10.6 Å². The molecule has 0 spiro atoms. The topological polar surface area (TPSA) is 41.1 Å². The summed E-state index contributed by atoms with van der Waals surface area (Å²) in [5.41, 5.74) is 2.55. The van der Waals surface area contributed by atoms with E-state index >= 15 is 0 Å². The number of aryl methyl sites for hydroxylation is 1. The summed E-state index contributed by atoms with van der Waals surface area (Å²) in [5, 5.41) is 6.34. The van der Waals surface area contributed by atoms with Crippen LogP contribution in [0, 0.1) is 5.92 Å². The molecular weight excluding hydrogens is 224 g/mol. The van der Waals surface area contributed by atoms with E-state index in [1.807, 2.05) is 6.07 Å². The molecule has 1 fully saturated rings. The zero-order chi connectivity index (χ0) is 12.8.